The second-order valence-corrected chi connectivity index (χ2v) is 4.68. The summed E-state index contributed by atoms with van der Waals surface area (Å²) in [6.07, 6.45) is 3.62. The Morgan fingerprint density at radius 1 is 1.05 bits per heavy atom. The first-order chi connectivity index (χ1) is 10.3. The summed E-state index contributed by atoms with van der Waals surface area (Å²) in [5.74, 6) is 1.58. The van der Waals surface area contributed by atoms with E-state index in [1.165, 1.54) is 5.56 Å². The lowest BCUT2D eigenvalue weighted by molar-refractivity contribution is 0.273. The maximum absolute atomic E-state index is 5.78. The molecule has 112 valence electrons. The quantitative estimate of drug-likeness (QED) is 0.757. The van der Waals surface area contributed by atoms with Crippen LogP contribution in [0, 0.1) is 0 Å². The van der Waals surface area contributed by atoms with Crippen molar-refractivity contribution in [2.24, 2.45) is 0 Å². The largest absolute Gasteiger partial charge is 0.490 e. The topological polar surface area (TPSA) is 43.4 Å². The Labute approximate surface area is 126 Å². The van der Waals surface area contributed by atoms with Gasteiger partial charge in [-0.05, 0) is 43.7 Å². The van der Waals surface area contributed by atoms with E-state index in [0.29, 0.717) is 13.2 Å². The molecule has 0 saturated heterocycles. The van der Waals surface area contributed by atoms with Crippen LogP contribution in [0.2, 0.25) is 0 Å². The number of benzene rings is 1. The van der Waals surface area contributed by atoms with Crippen LogP contribution in [-0.4, -0.2) is 24.7 Å². The second kappa shape index (κ2) is 8.27. The molecule has 1 atom stereocenters. The normalized spacial score (nSPS) is 11.9. The van der Waals surface area contributed by atoms with E-state index in [0.717, 1.165) is 18.0 Å². The van der Waals surface area contributed by atoms with Gasteiger partial charge in [-0.15, -0.1) is 0 Å². The van der Waals surface area contributed by atoms with Gasteiger partial charge >= 0.3 is 0 Å². The van der Waals surface area contributed by atoms with Crippen LogP contribution in [0.4, 0.5) is 0 Å². The first-order valence-corrected chi connectivity index (χ1v) is 7.29. The Kier molecular flexibility index (Phi) is 6.03. The van der Waals surface area contributed by atoms with Crippen LogP contribution < -0.4 is 14.8 Å². The third-order valence-corrected chi connectivity index (χ3v) is 3.17. The molecule has 2 rings (SSSR count). The molecule has 0 aliphatic carbocycles. The van der Waals surface area contributed by atoms with Crippen LogP contribution in [0.1, 0.15) is 25.5 Å². The van der Waals surface area contributed by atoms with E-state index in [4.69, 9.17) is 9.47 Å². The summed E-state index contributed by atoms with van der Waals surface area (Å²) in [7, 11) is 0. The lowest BCUT2D eigenvalue weighted by Gasteiger charge is -2.15. The number of aromatic nitrogens is 1. The molecule has 4 heteroatoms. The predicted octanol–water partition coefficient (Wildman–Crippen LogP) is 3.21. The molecular weight excluding hydrogens is 264 g/mol. The summed E-state index contributed by atoms with van der Waals surface area (Å²) >= 11 is 0. The van der Waals surface area contributed by atoms with Gasteiger partial charge in [-0.2, -0.15) is 0 Å². The van der Waals surface area contributed by atoms with E-state index in [1.807, 2.05) is 55.7 Å². The van der Waals surface area contributed by atoms with E-state index >= 15 is 0 Å². The standard InChI is InChI=1S/C17H22N2O2/c1-3-20-16-6-4-5-7-17(16)21-13-12-19-14(2)15-8-10-18-11-9-15/h4-11,14,19H,3,12-13H2,1-2H3. The molecule has 21 heavy (non-hydrogen) atoms. The van der Waals surface area contributed by atoms with Crippen LogP contribution in [-0.2, 0) is 0 Å². The number of hydrogen-bond acceptors (Lipinski definition) is 4. The molecule has 1 aromatic carbocycles. The highest BCUT2D eigenvalue weighted by Crippen LogP contribution is 2.26. The summed E-state index contributed by atoms with van der Waals surface area (Å²) < 4.78 is 11.3. The van der Waals surface area contributed by atoms with E-state index in [2.05, 4.69) is 17.2 Å². The third kappa shape index (κ3) is 4.76. The summed E-state index contributed by atoms with van der Waals surface area (Å²) in [5.41, 5.74) is 1.22. The van der Waals surface area contributed by atoms with Crippen molar-refractivity contribution >= 4 is 0 Å². The predicted molar refractivity (Wildman–Crippen MR) is 83.8 cm³/mol. The molecule has 1 heterocycles. The Balaban J connectivity index is 1.77. The summed E-state index contributed by atoms with van der Waals surface area (Å²) in [4.78, 5) is 4.02. The number of ether oxygens (including phenoxy) is 2. The molecule has 4 nitrogen and oxygen atoms in total. The molecule has 2 aromatic rings. The molecule has 1 N–H and O–H groups in total. The van der Waals surface area contributed by atoms with Crippen LogP contribution in [0.3, 0.4) is 0 Å². The number of rotatable bonds is 8. The first kappa shape index (κ1) is 15.3. The fraction of sp³-hybridized carbons (Fsp3) is 0.353. The van der Waals surface area contributed by atoms with Crippen LogP contribution >= 0.6 is 0 Å². The average molecular weight is 286 g/mol. The summed E-state index contributed by atoms with van der Waals surface area (Å²) in [6.45, 7) is 6.10. The fourth-order valence-corrected chi connectivity index (χ4v) is 2.05. The van der Waals surface area contributed by atoms with Gasteiger partial charge in [-0.1, -0.05) is 12.1 Å². The van der Waals surface area contributed by atoms with Crippen molar-refractivity contribution in [3.63, 3.8) is 0 Å². The van der Waals surface area contributed by atoms with Crippen molar-refractivity contribution in [1.29, 1.82) is 0 Å². The summed E-state index contributed by atoms with van der Waals surface area (Å²) in [6, 6.07) is 12.1. The molecule has 1 aromatic heterocycles. The first-order valence-electron chi connectivity index (χ1n) is 7.29. The molecule has 0 fully saturated rings. The fourth-order valence-electron chi connectivity index (χ4n) is 2.05. The third-order valence-electron chi connectivity index (χ3n) is 3.17. The molecule has 0 spiro atoms. The highest BCUT2D eigenvalue weighted by atomic mass is 16.5. The minimum atomic E-state index is 0.277. The van der Waals surface area contributed by atoms with Gasteiger partial charge < -0.3 is 14.8 Å². The van der Waals surface area contributed by atoms with Crippen LogP contribution in [0.5, 0.6) is 11.5 Å². The lowest BCUT2D eigenvalue weighted by Crippen LogP contribution is -2.24. The van der Waals surface area contributed by atoms with Crippen molar-refractivity contribution in [3.8, 4) is 11.5 Å². The Morgan fingerprint density at radius 2 is 1.71 bits per heavy atom. The zero-order valence-electron chi connectivity index (χ0n) is 12.6. The van der Waals surface area contributed by atoms with Crippen LogP contribution in [0.15, 0.2) is 48.8 Å². The zero-order chi connectivity index (χ0) is 14.9. The van der Waals surface area contributed by atoms with E-state index in [9.17, 15) is 0 Å². The van der Waals surface area contributed by atoms with Gasteiger partial charge in [0.05, 0.1) is 6.61 Å². The smallest absolute Gasteiger partial charge is 0.161 e. The molecule has 0 radical (unpaired) electrons. The molecule has 0 aliphatic rings. The highest BCUT2D eigenvalue weighted by molar-refractivity contribution is 5.39. The Hall–Kier alpha value is -2.07. The van der Waals surface area contributed by atoms with Crippen LogP contribution in [0.25, 0.3) is 0 Å². The molecule has 0 saturated carbocycles. The van der Waals surface area contributed by atoms with Gasteiger partial charge in [0.25, 0.3) is 0 Å². The van der Waals surface area contributed by atoms with Gasteiger partial charge in [0, 0.05) is 25.0 Å². The number of pyridine rings is 1. The van der Waals surface area contributed by atoms with E-state index < -0.39 is 0 Å². The molecule has 0 aliphatic heterocycles. The maximum Gasteiger partial charge on any atom is 0.161 e. The average Bonchev–Trinajstić information content (AvgIpc) is 2.54. The second-order valence-electron chi connectivity index (χ2n) is 4.68. The number of nitrogens with one attached hydrogen (secondary N) is 1. The SMILES string of the molecule is CCOc1ccccc1OCCNC(C)c1ccncc1. The van der Waals surface area contributed by atoms with E-state index in [-0.39, 0.29) is 6.04 Å². The minimum absolute atomic E-state index is 0.277. The number of para-hydroxylation sites is 2. The monoisotopic (exact) mass is 286 g/mol. The maximum atomic E-state index is 5.78. The van der Waals surface area contributed by atoms with Crippen molar-refractivity contribution in [2.75, 3.05) is 19.8 Å². The van der Waals surface area contributed by atoms with E-state index in [1.54, 1.807) is 0 Å². The molecule has 0 bridgehead atoms. The van der Waals surface area contributed by atoms with Crippen molar-refractivity contribution in [3.05, 3.63) is 54.4 Å². The van der Waals surface area contributed by atoms with Gasteiger partial charge in [0.1, 0.15) is 6.61 Å². The van der Waals surface area contributed by atoms with Gasteiger partial charge in [0.15, 0.2) is 11.5 Å². The lowest BCUT2D eigenvalue weighted by atomic mass is 10.1. The number of nitrogens with zero attached hydrogens (tertiary/aromatic N) is 1. The van der Waals surface area contributed by atoms with Gasteiger partial charge in [-0.25, -0.2) is 0 Å². The minimum Gasteiger partial charge on any atom is -0.490 e. The molecule has 1 unspecified atom stereocenters. The Bertz CT molecular complexity index is 531. The highest BCUT2D eigenvalue weighted by Gasteiger charge is 2.05. The Morgan fingerprint density at radius 3 is 2.38 bits per heavy atom. The summed E-state index contributed by atoms with van der Waals surface area (Å²) in [5, 5.41) is 3.43. The van der Waals surface area contributed by atoms with Crippen molar-refractivity contribution in [1.82, 2.24) is 10.3 Å². The van der Waals surface area contributed by atoms with Gasteiger partial charge in [0.2, 0.25) is 0 Å². The van der Waals surface area contributed by atoms with Crippen molar-refractivity contribution in [2.45, 2.75) is 19.9 Å². The molecule has 0 amide bonds. The molecular formula is C17H22N2O2. The number of hydrogen-bond donors (Lipinski definition) is 1. The van der Waals surface area contributed by atoms with Gasteiger partial charge in [-0.3, -0.25) is 4.98 Å². The zero-order valence-corrected chi connectivity index (χ0v) is 12.6. The van der Waals surface area contributed by atoms with Crippen molar-refractivity contribution < 1.29 is 9.47 Å².